The van der Waals surface area contributed by atoms with Crippen molar-refractivity contribution in [3.8, 4) is 5.75 Å². The summed E-state index contributed by atoms with van der Waals surface area (Å²) < 4.78 is 5.38. The molecule has 0 aromatic heterocycles. The SMILES string of the molecule is COc1ccc(C(C)(C)C)cc1NC(=O)C[C@H](NC(N)=O)c1ccccc1C. The minimum Gasteiger partial charge on any atom is -0.495 e. The third-order valence-electron chi connectivity index (χ3n) is 4.61. The number of ether oxygens (including phenoxy) is 1. The molecule has 0 unspecified atom stereocenters. The van der Waals surface area contributed by atoms with Crippen LogP contribution in [0.1, 0.15) is 49.9 Å². The minimum atomic E-state index is -0.673. The predicted octanol–water partition coefficient (Wildman–Crippen LogP) is 4.04. The molecule has 150 valence electrons. The molecule has 2 aromatic carbocycles. The van der Waals surface area contributed by atoms with Crippen molar-refractivity contribution >= 4 is 17.6 Å². The molecule has 2 rings (SSSR count). The molecule has 0 aliphatic carbocycles. The second-order valence-corrected chi connectivity index (χ2v) is 7.84. The van der Waals surface area contributed by atoms with Crippen LogP contribution in [-0.2, 0) is 10.2 Å². The van der Waals surface area contributed by atoms with E-state index in [1.165, 1.54) is 0 Å². The van der Waals surface area contributed by atoms with Gasteiger partial charge in [0.25, 0.3) is 0 Å². The van der Waals surface area contributed by atoms with Gasteiger partial charge in [0.2, 0.25) is 5.91 Å². The molecule has 3 amide bonds. The van der Waals surface area contributed by atoms with Crippen LogP contribution in [0, 0.1) is 6.92 Å². The Morgan fingerprint density at radius 1 is 1.14 bits per heavy atom. The topological polar surface area (TPSA) is 93.4 Å². The van der Waals surface area contributed by atoms with Gasteiger partial charge >= 0.3 is 6.03 Å². The third-order valence-corrected chi connectivity index (χ3v) is 4.61. The van der Waals surface area contributed by atoms with E-state index in [-0.39, 0.29) is 17.7 Å². The number of amides is 3. The number of carbonyl (C=O) groups is 2. The Kier molecular flexibility index (Phi) is 6.67. The lowest BCUT2D eigenvalue weighted by atomic mass is 9.87. The summed E-state index contributed by atoms with van der Waals surface area (Å²) in [6.45, 7) is 8.24. The zero-order valence-corrected chi connectivity index (χ0v) is 17.1. The highest BCUT2D eigenvalue weighted by Gasteiger charge is 2.21. The van der Waals surface area contributed by atoms with Gasteiger partial charge in [0.1, 0.15) is 5.75 Å². The number of methoxy groups -OCH3 is 1. The number of primary amides is 1. The van der Waals surface area contributed by atoms with E-state index in [1.54, 1.807) is 7.11 Å². The van der Waals surface area contributed by atoms with Crippen LogP contribution in [0.4, 0.5) is 10.5 Å². The number of rotatable bonds is 6. The molecule has 0 fully saturated rings. The monoisotopic (exact) mass is 383 g/mol. The number of benzene rings is 2. The number of carbonyl (C=O) groups excluding carboxylic acids is 2. The van der Waals surface area contributed by atoms with Gasteiger partial charge < -0.3 is 21.1 Å². The maximum atomic E-state index is 12.8. The number of nitrogens with one attached hydrogen (secondary N) is 2. The molecule has 0 saturated carbocycles. The van der Waals surface area contributed by atoms with Crippen LogP contribution >= 0.6 is 0 Å². The van der Waals surface area contributed by atoms with Crippen molar-refractivity contribution in [2.24, 2.45) is 5.73 Å². The van der Waals surface area contributed by atoms with E-state index in [2.05, 4.69) is 31.4 Å². The quantitative estimate of drug-likeness (QED) is 0.703. The number of aryl methyl sites for hydroxylation is 1. The third kappa shape index (κ3) is 5.49. The summed E-state index contributed by atoms with van der Waals surface area (Å²) in [5, 5.41) is 5.58. The molecule has 0 heterocycles. The molecule has 6 nitrogen and oxygen atoms in total. The second kappa shape index (κ2) is 8.78. The van der Waals surface area contributed by atoms with Crippen LogP contribution in [0.25, 0.3) is 0 Å². The van der Waals surface area contributed by atoms with Crippen LogP contribution in [0.3, 0.4) is 0 Å². The van der Waals surface area contributed by atoms with Crippen molar-refractivity contribution in [3.63, 3.8) is 0 Å². The van der Waals surface area contributed by atoms with Gasteiger partial charge in [-0.1, -0.05) is 51.1 Å². The maximum Gasteiger partial charge on any atom is 0.312 e. The van der Waals surface area contributed by atoms with Gasteiger partial charge in [-0.2, -0.15) is 0 Å². The van der Waals surface area contributed by atoms with Gasteiger partial charge in [0, 0.05) is 0 Å². The number of hydrogen-bond donors (Lipinski definition) is 3. The Balaban J connectivity index is 2.25. The van der Waals surface area contributed by atoms with Gasteiger partial charge in [0.05, 0.1) is 25.3 Å². The summed E-state index contributed by atoms with van der Waals surface area (Å²) in [4.78, 5) is 24.2. The standard InChI is InChI=1S/C22H29N3O3/c1-14-8-6-7-9-16(14)17(25-21(23)27)13-20(26)24-18-12-15(22(2,3)4)10-11-19(18)28-5/h6-12,17H,13H2,1-5H3,(H,24,26)(H3,23,25,27)/t17-/m0/s1. The fraction of sp³-hybridized carbons (Fsp3) is 0.364. The molecule has 6 heteroatoms. The van der Waals surface area contributed by atoms with Gasteiger partial charge in [-0.25, -0.2) is 4.79 Å². The van der Waals surface area contributed by atoms with Gasteiger partial charge in [-0.3, -0.25) is 4.79 Å². The number of anilines is 1. The average molecular weight is 383 g/mol. The normalized spacial score (nSPS) is 12.2. The number of urea groups is 1. The molecule has 0 radical (unpaired) electrons. The van der Waals surface area contributed by atoms with Gasteiger partial charge in [0.15, 0.2) is 0 Å². The van der Waals surface area contributed by atoms with Crippen molar-refractivity contribution in [2.45, 2.75) is 45.6 Å². The van der Waals surface area contributed by atoms with Crippen LogP contribution in [-0.4, -0.2) is 19.0 Å². The Morgan fingerprint density at radius 2 is 1.82 bits per heavy atom. The molecule has 1 atom stereocenters. The highest BCUT2D eigenvalue weighted by atomic mass is 16.5. The molecule has 0 bridgehead atoms. The van der Waals surface area contributed by atoms with Crippen molar-refractivity contribution in [2.75, 3.05) is 12.4 Å². The molecule has 28 heavy (non-hydrogen) atoms. The van der Waals surface area contributed by atoms with E-state index >= 15 is 0 Å². The fourth-order valence-electron chi connectivity index (χ4n) is 3.05. The van der Waals surface area contributed by atoms with E-state index < -0.39 is 12.1 Å². The molecular weight excluding hydrogens is 354 g/mol. The number of nitrogens with two attached hydrogens (primary N) is 1. The fourth-order valence-corrected chi connectivity index (χ4v) is 3.05. The molecular formula is C22H29N3O3. The lowest BCUT2D eigenvalue weighted by Gasteiger charge is -2.22. The smallest absolute Gasteiger partial charge is 0.312 e. The Hall–Kier alpha value is -3.02. The van der Waals surface area contributed by atoms with Gasteiger partial charge in [-0.05, 0) is 41.2 Å². The van der Waals surface area contributed by atoms with Crippen molar-refractivity contribution in [1.82, 2.24) is 5.32 Å². The highest BCUT2D eigenvalue weighted by Crippen LogP contribution is 2.32. The van der Waals surface area contributed by atoms with E-state index in [0.717, 1.165) is 16.7 Å². The summed E-state index contributed by atoms with van der Waals surface area (Å²) in [5.41, 5.74) is 8.76. The summed E-state index contributed by atoms with van der Waals surface area (Å²) >= 11 is 0. The molecule has 2 aromatic rings. The minimum absolute atomic E-state index is 0.0523. The molecule has 0 saturated heterocycles. The van der Waals surface area contributed by atoms with Crippen LogP contribution in [0.2, 0.25) is 0 Å². The van der Waals surface area contributed by atoms with Crippen LogP contribution < -0.4 is 21.1 Å². The Morgan fingerprint density at radius 3 is 2.39 bits per heavy atom. The zero-order chi connectivity index (χ0) is 20.9. The van der Waals surface area contributed by atoms with Crippen molar-refractivity contribution < 1.29 is 14.3 Å². The largest absolute Gasteiger partial charge is 0.495 e. The highest BCUT2D eigenvalue weighted by molar-refractivity contribution is 5.93. The predicted molar refractivity (Wildman–Crippen MR) is 112 cm³/mol. The van der Waals surface area contributed by atoms with Crippen molar-refractivity contribution in [1.29, 1.82) is 0 Å². The first-order valence-corrected chi connectivity index (χ1v) is 9.21. The van der Waals surface area contributed by atoms with E-state index in [4.69, 9.17) is 10.5 Å². The lowest BCUT2D eigenvalue weighted by molar-refractivity contribution is -0.116. The maximum absolute atomic E-state index is 12.8. The Bertz CT molecular complexity index is 856. The lowest BCUT2D eigenvalue weighted by Crippen LogP contribution is -2.35. The summed E-state index contributed by atoms with van der Waals surface area (Å²) in [6, 6.07) is 12.1. The molecule has 0 aliphatic heterocycles. The second-order valence-electron chi connectivity index (χ2n) is 7.84. The average Bonchev–Trinajstić information content (AvgIpc) is 2.60. The first-order chi connectivity index (χ1) is 13.1. The molecule has 0 aliphatic rings. The molecule has 4 N–H and O–H groups in total. The Labute approximate surface area is 166 Å². The summed E-state index contributed by atoms with van der Waals surface area (Å²) in [7, 11) is 1.56. The van der Waals surface area contributed by atoms with E-state index in [9.17, 15) is 9.59 Å². The first-order valence-electron chi connectivity index (χ1n) is 9.21. The van der Waals surface area contributed by atoms with Crippen molar-refractivity contribution in [3.05, 3.63) is 59.2 Å². The van der Waals surface area contributed by atoms with Gasteiger partial charge in [-0.15, -0.1) is 0 Å². The molecule has 0 spiro atoms. The number of hydrogen-bond acceptors (Lipinski definition) is 3. The van der Waals surface area contributed by atoms with Crippen LogP contribution in [0.5, 0.6) is 5.75 Å². The summed E-state index contributed by atoms with van der Waals surface area (Å²) in [5.74, 6) is 0.336. The zero-order valence-electron chi connectivity index (χ0n) is 17.1. The summed E-state index contributed by atoms with van der Waals surface area (Å²) in [6.07, 6.45) is 0.0523. The van der Waals surface area contributed by atoms with E-state index in [0.29, 0.717) is 11.4 Å². The van der Waals surface area contributed by atoms with E-state index in [1.807, 2.05) is 49.4 Å². The van der Waals surface area contributed by atoms with Crippen LogP contribution in [0.15, 0.2) is 42.5 Å². The first kappa shape index (κ1) is 21.3.